The maximum absolute atomic E-state index is 10.5. The Hall–Kier alpha value is -1.31. The minimum absolute atomic E-state index is 0.311. The molecule has 0 fully saturated rings. The summed E-state index contributed by atoms with van der Waals surface area (Å²) in [5.74, 6) is 1.25. The standard InChI is InChI=1S/C15H20BrN3O2S/c1-15(20,12-5-4-8-21-12)10-18-14(17-2)19(3)9-11-6-7-13(16)22-11/h4-8,20H,9-10H2,1-3H3,(H,17,18). The van der Waals surface area contributed by atoms with Gasteiger partial charge in [-0.25, -0.2) is 0 Å². The Kier molecular flexibility index (Phi) is 5.66. The predicted molar refractivity (Wildman–Crippen MR) is 93.1 cm³/mol. The first-order valence-corrected chi connectivity index (χ1v) is 8.45. The molecule has 2 N–H and O–H groups in total. The molecule has 5 nitrogen and oxygen atoms in total. The Morgan fingerprint density at radius 1 is 1.50 bits per heavy atom. The topological polar surface area (TPSA) is 61.0 Å². The Morgan fingerprint density at radius 2 is 2.27 bits per heavy atom. The highest BCUT2D eigenvalue weighted by atomic mass is 79.9. The van der Waals surface area contributed by atoms with Crippen molar-refractivity contribution in [2.45, 2.75) is 19.1 Å². The maximum Gasteiger partial charge on any atom is 0.193 e. The van der Waals surface area contributed by atoms with Gasteiger partial charge in [-0.3, -0.25) is 4.99 Å². The number of nitrogens with one attached hydrogen (secondary N) is 1. The van der Waals surface area contributed by atoms with Crippen molar-refractivity contribution >= 4 is 33.2 Å². The normalized spacial score (nSPS) is 14.7. The van der Waals surface area contributed by atoms with Gasteiger partial charge >= 0.3 is 0 Å². The molecule has 0 aliphatic rings. The van der Waals surface area contributed by atoms with Crippen molar-refractivity contribution in [1.82, 2.24) is 10.2 Å². The summed E-state index contributed by atoms with van der Waals surface area (Å²) in [4.78, 5) is 7.50. The lowest BCUT2D eigenvalue weighted by atomic mass is 10.0. The summed E-state index contributed by atoms with van der Waals surface area (Å²) in [7, 11) is 3.69. The van der Waals surface area contributed by atoms with E-state index in [4.69, 9.17) is 4.42 Å². The van der Waals surface area contributed by atoms with Crippen LogP contribution in [0, 0.1) is 0 Å². The summed E-state index contributed by atoms with van der Waals surface area (Å²) >= 11 is 5.16. The van der Waals surface area contributed by atoms with Crippen molar-refractivity contribution in [2.75, 3.05) is 20.6 Å². The number of hydrogen-bond acceptors (Lipinski definition) is 4. The third kappa shape index (κ3) is 4.34. The molecule has 1 atom stereocenters. The largest absolute Gasteiger partial charge is 0.466 e. The molecule has 1 unspecified atom stereocenters. The van der Waals surface area contributed by atoms with Crippen LogP contribution in [-0.4, -0.2) is 36.6 Å². The Labute approximate surface area is 142 Å². The number of rotatable bonds is 5. The molecule has 0 amide bonds. The average Bonchev–Trinajstić information content (AvgIpc) is 3.11. The molecule has 0 aliphatic carbocycles. The summed E-state index contributed by atoms with van der Waals surface area (Å²) in [6, 6.07) is 7.64. The number of aliphatic imine (C=N–C) groups is 1. The van der Waals surface area contributed by atoms with Crippen molar-refractivity contribution in [1.29, 1.82) is 0 Å². The molecule has 0 radical (unpaired) electrons. The number of thiophene rings is 1. The first-order chi connectivity index (χ1) is 10.4. The summed E-state index contributed by atoms with van der Waals surface area (Å²) in [6.07, 6.45) is 1.55. The van der Waals surface area contributed by atoms with Crippen LogP contribution in [0.1, 0.15) is 17.6 Å². The van der Waals surface area contributed by atoms with Crippen molar-refractivity contribution in [3.8, 4) is 0 Å². The molecular weight excluding hydrogens is 366 g/mol. The van der Waals surface area contributed by atoms with Gasteiger partial charge in [-0.15, -0.1) is 11.3 Å². The first-order valence-electron chi connectivity index (χ1n) is 6.85. The summed E-state index contributed by atoms with van der Waals surface area (Å²) in [5, 5.41) is 13.6. The molecule has 0 aromatic carbocycles. The molecule has 2 aromatic rings. The van der Waals surface area contributed by atoms with E-state index in [1.54, 1.807) is 43.7 Å². The second-order valence-electron chi connectivity index (χ2n) is 5.21. The minimum atomic E-state index is -1.09. The van der Waals surface area contributed by atoms with Gasteiger partial charge < -0.3 is 19.7 Å². The summed E-state index contributed by atoms with van der Waals surface area (Å²) in [5.41, 5.74) is -1.09. The van der Waals surface area contributed by atoms with Gasteiger partial charge in [-0.2, -0.15) is 0 Å². The van der Waals surface area contributed by atoms with Crippen molar-refractivity contribution in [2.24, 2.45) is 4.99 Å². The lowest BCUT2D eigenvalue weighted by Gasteiger charge is -2.26. The number of hydrogen-bond donors (Lipinski definition) is 2. The third-order valence-corrected chi connectivity index (χ3v) is 4.85. The van der Waals surface area contributed by atoms with Crippen LogP contribution in [-0.2, 0) is 12.1 Å². The highest BCUT2D eigenvalue weighted by Gasteiger charge is 2.26. The van der Waals surface area contributed by atoms with E-state index in [1.807, 2.05) is 18.0 Å². The Morgan fingerprint density at radius 3 is 2.82 bits per heavy atom. The highest BCUT2D eigenvalue weighted by molar-refractivity contribution is 9.11. The smallest absolute Gasteiger partial charge is 0.193 e. The molecule has 0 bridgehead atoms. The zero-order chi connectivity index (χ0) is 16.2. The number of furan rings is 1. The predicted octanol–water partition coefficient (Wildman–Crippen LogP) is 3.02. The van der Waals surface area contributed by atoms with Crippen molar-refractivity contribution in [3.05, 3.63) is 45.0 Å². The van der Waals surface area contributed by atoms with Gasteiger partial charge in [-0.1, -0.05) is 0 Å². The van der Waals surface area contributed by atoms with E-state index in [9.17, 15) is 5.11 Å². The average molecular weight is 386 g/mol. The fraction of sp³-hybridized carbons (Fsp3) is 0.400. The Balaban J connectivity index is 1.94. The van der Waals surface area contributed by atoms with Crippen LogP contribution >= 0.6 is 27.3 Å². The monoisotopic (exact) mass is 385 g/mol. The van der Waals surface area contributed by atoms with Gasteiger partial charge in [0.1, 0.15) is 11.4 Å². The van der Waals surface area contributed by atoms with Gasteiger partial charge in [0.2, 0.25) is 0 Å². The number of guanidine groups is 1. The van der Waals surface area contributed by atoms with E-state index >= 15 is 0 Å². The molecule has 7 heteroatoms. The Bertz CT molecular complexity index is 623. The molecule has 0 spiro atoms. The van der Waals surface area contributed by atoms with E-state index < -0.39 is 5.60 Å². The van der Waals surface area contributed by atoms with Crippen LogP contribution in [0.25, 0.3) is 0 Å². The molecule has 22 heavy (non-hydrogen) atoms. The summed E-state index contributed by atoms with van der Waals surface area (Å²) in [6.45, 7) is 2.77. The number of nitrogens with zero attached hydrogens (tertiary/aromatic N) is 2. The van der Waals surface area contributed by atoms with E-state index in [-0.39, 0.29) is 0 Å². The number of aliphatic hydroxyl groups is 1. The third-order valence-electron chi connectivity index (χ3n) is 3.24. The molecule has 2 heterocycles. The van der Waals surface area contributed by atoms with E-state index in [0.717, 1.165) is 16.3 Å². The molecular formula is C15H20BrN3O2S. The van der Waals surface area contributed by atoms with Crippen LogP contribution in [0.3, 0.4) is 0 Å². The molecule has 0 aliphatic heterocycles. The van der Waals surface area contributed by atoms with Crippen LogP contribution in [0.2, 0.25) is 0 Å². The SMILES string of the molecule is CN=C(NCC(C)(O)c1ccco1)N(C)Cc1ccc(Br)s1. The lowest BCUT2D eigenvalue weighted by Crippen LogP contribution is -2.44. The van der Waals surface area contributed by atoms with E-state index in [2.05, 4.69) is 32.3 Å². The van der Waals surface area contributed by atoms with E-state index in [0.29, 0.717) is 12.3 Å². The molecule has 0 saturated carbocycles. The van der Waals surface area contributed by atoms with Gasteiger partial charge in [0.15, 0.2) is 5.96 Å². The zero-order valence-corrected chi connectivity index (χ0v) is 15.2. The van der Waals surface area contributed by atoms with Gasteiger partial charge in [0.25, 0.3) is 0 Å². The second-order valence-corrected chi connectivity index (χ2v) is 7.76. The molecule has 2 rings (SSSR count). The van der Waals surface area contributed by atoms with Gasteiger partial charge in [0.05, 0.1) is 23.1 Å². The van der Waals surface area contributed by atoms with Crippen LogP contribution in [0.15, 0.2) is 43.7 Å². The minimum Gasteiger partial charge on any atom is -0.466 e. The molecule has 0 saturated heterocycles. The second kappa shape index (κ2) is 7.30. The lowest BCUT2D eigenvalue weighted by molar-refractivity contribution is 0.0381. The highest BCUT2D eigenvalue weighted by Crippen LogP contribution is 2.23. The van der Waals surface area contributed by atoms with Crippen LogP contribution < -0.4 is 5.32 Å². The maximum atomic E-state index is 10.5. The van der Waals surface area contributed by atoms with Crippen LogP contribution in [0.5, 0.6) is 0 Å². The van der Waals surface area contributed by atoms with Crippen LogP contribution in [0.4, 0.5) is 0 Å². The first kappa shape index (κ1) is 17.1. The molecule has 2 aromatic heterocycles. The van der Waals surface area contributed by atoms with Gasteiger partial charge in [0, 0.05) is 19.0 Å². The van der Waals surface area contributed by atoms with Crippen molar-refractivity contribution in [3.63, 3.8) is 0 Å². The summed E-state index contributed by atoms with van der Waals surface area (Å²) < 4.78 is 6.39. The number of halogens is 1. The quantitative estimate of drug-likeness (QED) is 0.613. The van der Waals surface area contributed by atoms with Crippen molar-refractivity contribution < 1.29 is 9.52 Å². The van der Waals surface area contributed by atoms with E-state index in [1.165, 1.54) is 4.88 Å². The fourth-order valence-corrected chi connectivity index (χ4v) is 3.59. The molecule has 120 valence electrons. The fourth-order valence-electron chi connectivity index (χ4n) is 2.05. The van der Waals surface area contributed by atoms with Gasteiger partial charge in [-0.05, 0) is 47.1 Å². The zero-order valence-electron chi connectivity index (χ0n) is 12.8.